The van der Waals surface area contributed by atoms with Gasteiger partial charge in [0.05, 0.1) is 6.04 Å². The molecule has 2 fully saturated rings. The van der Waals surface area contributed by atoms with E-state index in [4.69, 9.17) is 0 Å². The second kappa shape index (κ2) is 5.40. The molecule has 0 spiro atoms. The lowest BCUT2D eigenvalue weighted by molar-refractivity contribution is -0.158. The predicted molar refractivity (Wildman–Crippen MR) is 78.4 cm³/mol. The third-order valence-electron chi connectivity index (χ3n) is 4.88. The van der Waals surface area contributed by atoms with Gasteiger partial charge < -0.3 is 4.90 Å². The van der Waals surface area contributed by atoms with Gasteiger partial charge in [-0.05, 0) is 47.5 Å². The molecule has 3 amide bonds. The Balaban J connectivity index is 2.21. The van der Waals surface area contributed by atoms with Crippen molar-refractivity contribution >= 4 is 17.7 Å². The van der Waals surface area contributed by atoms with Crippen molar-refractivity contribution in [3.05, 3.63) is 0 Å². The highest BCUT2D eigenvalue weighted by molar-refractivity contribution is 6.06. The van der Waals surface area contributed by atoms with Crippen LogP contribution in [0.4, 0.5) is 0 Å². The highest BCUT2D eigenvalue weighted by Gasteiger charge is 2.46. The number of nitrogens with one attached hydrogen (secondary N) is 1. The molecule has 3 unspecified atom stereocenters. The minimum Gasteiger partial charge on any atom is -0.318 e. The lowest BCUT2D eigenvalue weighted by atomic mass is 9.97. The van der Waals surface area contributed by atoms with E-state index in [1.807, 2.05) is 6.92 Å². The molecule has 2 aliphatic rings. The summed E-state index contributed by atoms with van der Waals surface area (Å²) in [4.78, 5) is 40.0. The van der Waals surface area contributed by atoms with Crippen LogP contribution in [-0.2, 0) is 14.4 Å². The standard InChI is InChI=1S/C15H25N3O3/c1-9-6-7-10(2)18(9)11(3)13(20)17-8-12(19)16-14(21)15(17,4)5/h9-11H,6-8H2,1-5H3,(H,16,19,21). The second-order valence-electron chi connectivity index (χ2n) is 6.76. The van der Waals surface area contributed by atoms with Gasteiger partial charge in [-0.2, -0.15) is 0 Å². The van der Waals surface area contributed by atoms with Gasteiger partial charge in [0.25, 0.3) is 5.91 Å². The summed E-state index contributed by atoms with van der Waals surface area (Å²) in [5, 5.41) is 2.30. The number of nitrogens with zero attached hydrogens (tertiary/aromatic N) is 2. The number of carbonyl (C=O) groups is 3. The zero-order valence-electron chi connectivity index (χ0n) is 13.5. The van der Waals surface area contributed by atoms with Crippen LogP contribution in [-0.4, -0.2) is 57.7 Å². The van der Waals surface area contributed by atoms with Crippen LogP contribution in [0.5, 0.6) is 0 Å². The Labute approximate surface area is 125 Å². The second-order valence-corrected chi connectivity index (χ2v) is 6.76. The van der Waals surface area contributed by atoms with Crippen molar-refractivity contribution in [2.45, 2.75) is 71.1 Å². The number of amides is 3. The van der Waals surface area contributed by atoms with Gasteiger partial charge in [-0.25, -0.2) is 0 Å². The first-order valence-corrected chi connectivity index (χ1v) is 7.59. The Morgan fingerprint density at radius 3 is 2.29 bits per heavy atom. The van der Waals surface area contributed by atoms with Crippen molar-refractivity contribution in [1.29, 1.82) is 0 Å². The number of hydrogen-bond donors (Lipinski definition) is 1. The molecule has 3 atom stereocenters. The molecule has 0 aromatic carbocycles. The van der Waals surface area contributed by atoms with E-state index >= 15 is 0 Å². The number of likely N-dealkylation sites (tertiary alicyclic amines) is 1. The van der Waals surface area contributed by atoms with E-state index in [0.717, 1.165) is 12.8 Å². The Morgan fingerprint density at radius 1 is 1.24 bits per heavy atom. The molecule has 0 aromatic heterocycles. The average Bonchev–Trinajstić information content (AvgIpc) is 2.72. The van der Waals surface area contributed by atoms with Crippen LogP contribution in [0, 0.1) is 0 Å². The number of piperazine rings is 1. The molecule has 2 saturated heterocycles. The largest absolute Gasteiger partial charge is 0.318 e. The third kappa shape index (κ3) is 2.69. The Bertz CT molecular complexity index is 465. The van der Waals surface area contributed by atoms with Gasteiger partial charge in [0.2, 0.25) is 11.8 Å². The Kier molecular flexibility index (Phi) is 4.10. The summed E-state index contributed by atoms with van der Waals surface area (Å²) in [5.41, 5.74) is -0.995. The maximum atomic E-state index is 12.8. The van der Waals surface area contributed by atoms with Crippen LogP contribution in [0.1, 0.15) is 47.5 Å². The van der Waals surface area contributed by atoms with Gasteiger partial charge in [-0.15, -0.1) is 0 Å². The fourth-order valence-corrected chi connectivity index (χ4v) is 3.47. The summed E-state index contributed by atoms with van der Waals surface area (Å²) in [6.45, 7) is 9.40. The minimum absolute atomic E-state index is 0.0570. The van der Waals surface area contributed by atoms with Gasteiger partial charge in [0.15, 0.2) is 0 Å². The van der Waals surface area contributed by atoms with E-state index in [-0.39, 0.29) is 18.5 Å². The molecule has 6 heteroatoms. The molecular weight excluding hydrogens is 270 g/mol. The van der Waals surface area contributed by atoms with E-state index < -0.39 is 17.4 Å². The molecular formula is C15H25N3O3. The van der Waals surface area contributed by atoms with Crippen molar-refractivity contribution in [3.63, 3.8) is 0 Å². The predicted octanol–water partition coefficient (Wildman–Crippen LogP) is 0.511. The monoisotopic (exact) mass is 295 g/mol. The van der Waals surface area contributed by atoms with Crippen molar-refractivity contribution < 1.29 is 14.4 Å². The molecule has 21 heavy (non-hydrogen) atoms. The van der Waals surface area contributed by atoms with Crippen LogP contribution in [0.3, 0.4) is 0 Å². The first kappa shape index (κ1) is 15.9. The molecule has 2 heterocycles. The van der Waals surface area contributed by atoms with Gasteiger partial charge >= 0.3 is 0 Å². The topological polar surface area (TPSA) is 69.7 Å². The van der Waals surface area contributed by atoms with Crippen LogP contribution in [0.15, 0.2) is 0 Å². The smallest absolute Gasteiger partial charge is 0.252 e. The highest BCUT2D eigenvalue weighted by atomic mass is 16.2. The maximum absolute atomic E-state index is 12.8. The number of rotatable bonds is 2. The molecule has 1 N–H and O–H groups in total. The number of carbonyl (C=O) groups excluding carboxylic acids is 3. The molecule has 0 aromatic rings. The summed E-state index contributed by atoms with van der Waals surface area (Å²) in [6, 6.07) is 0.364. The van der Waals surface area contributed by atoms with Gasteiger partial charge in [-0.1, -0.05) is 0 Å². The summed E-state index contributed by atoms with van der Waals surface area (Å²) in [5.74, 6) is -0.979. The minimum atomic E-state index is -0.995. The number of imide groups is 1. The lowest BCUT2D eigenvalue weighted by Gasteiger charge is -2.43. The zero-order chi connectivity index (χ0) is 15.9. The maximum Gasteiger partial charge on any atom is 0.252 e. The van der Waals surface area contributed by atoms with Crippen molar-refractivity contribution in [2.75, 3.05) is 6.54 Å². The van der Waals surface area contributed by atoms with E-state index in [1.54, 1.807) is 13.8 Å². The molecule has 0 bridgehead atoms. The molecule has 6 nitrogen and oxygen atoms in total. The molecule has 0 aliphatic carbocycles. The first-order valence-electron chi connectivity index (χ1n) is 7.59. The van der Waals surface area contributed by atoms with Crippen molar-refractivity contribution in [2.24, 2.45) is 0 Å². The van der Waals surface area contributed by atoms with E-state index in [2.05, 4.69) is 24.1 Å². The fraction of sp³-hybridized carbons (Fsp3) is 0.800. The van der Waals surface area contributed by atoms with Crippen LogP contribution < -0.4 is 5.32 Å². The zero-order valence-corrected chi connectivity index (χ0v) is 13.5. The summed E-state index contributed by atoms with van der Waals surface area (Å²) in [6.07, 6.45) is 2.14. The summed E-state index contributed by atoms with van der Waals surface area (Å²) < 4.78 is 0. The molecule has 2 aliphatic heterocycles. The summed E-state index contributed by atoms with van der Waals surface area (Å²) >= 11 is 0. The Morgan fingerprint density at radius 2 is 1.76 bits per heavy atom. The van der Waals surface area contributed by atoms with E-state index in [0.29, 0.717) is 12.1 Å². The van der Waals surface area contributed by atoms with Crippen LogP contribution in [0.25, 0.3) is 0 Å². The van der Waals surface area contributed by atoms with Crippen molar-refractivity contribution in [1.82, 2.24) is 15.1 Å². The normalized spacial score (nSPS) is 31.2. The van der Waals surface area contributed by atoms with Crippen LogP contribution in [0.2, 0.25) is 0 Å². The molecule has 118 valence electrons. The number of hydrogen-bond acceptors (Lipinski definition) is 4. The summed E-state index contributed by atoms with van der Waals surface area (Å²) in [7, 11) is 0. The van der Waals surface area contributed by atoms with Gasteiger partial charge in [0.1, 0.15) is 12.1 Å². The fourth-order valence-electron chi connectivity index (χ4n) is 3.47. The van der Waals surface area contributed by atoms with E-state index in [9.17, 15) is 14.4 Å². The first-order chi connectivity index (χ1) is 9.66. The average molecular weight is 295 g/mol. The molecule has 0 saturated carbocycles. The Hall–Kier alpha value is -1.43. The third-order valence-corrected chi connectivity index (χ3v) is 4.88. The van der Waals surface area contributed by atoms with Gasteiger partial charge in [0, 0.05) is 12.1 Å². The molecule has 2 rings (SSSR count). The molecule has 0 radical (unpaired) electrons. The lowest BCUT2D eigenvalue weighted by Crippen LogP contribution is -2.68. The highest BCUT2D eigenvalue weighted by Crippen LogP contribution is 2.28. The van der Waals surface area contributed by atoms with E-state index in [1.165, 1.54) is 4.90 Å². The van der Waals surface area contributed by atoms with Gasteiger partial charge in [-0.3, -0.25) is 24.6 Å². The van der Waals surface area contributed by atoms with Crippen molar-refractivity contribution in [3.8, 4) is 0 Å². The SMILES string of the molecule is CC1CCC(C)N1C(C)C(=O)N1CC(=O)NC(=O)C1(C)C. The quantitative estimate of drug-likeness (QED) is 0.754. The van der Waals surface area contributed by atoms with Crippen LogP contribution >= 0.6 is 0 Å².